The van der Waals surface area contributed by atoms with E-state index in [2.05, 4.69) is 4.98 Å². The van der Waals surface area contributed by atoms with Gasteiger partial charge in [-0.15, -0.1) is 0 Å². The molecular weight excluding hydrogens is 266 g/mol. The number of ether oxygens (including phenoxy) is 1. The first-order valence-electron chi connectivity index (χ1n) is 6.51. The van der Waals surface area contributed by atoms with Gasteiger partial charge in [0.15, 0.2) is 0 Å². The number of carboxylic acid groups (broad SMARTS) is 1. The molecule has 0 saturated carbocycles. The Morgan fingerprint density at radius 3 is 2.52 bits per heavy atom. The first-order valence-corrected chi connectivity index (χ1v) is 6.51. The summed E-state index contributed by atoms with van der Waals surface area (Å²) in [6.07, 6.45) is 0. The van der Waals surface area contributed by atoms with E-state index in [1.807, 2.05) is 42.5 Å². The van der Waals surface area contributed by atoms with E-state index in [1.54, 1.807) is 13.0 Å². The van der Waals surface area contributed by atoms with E-state index in [9.17, 15) is 4.79 Å². The summed E-state index contributed by atoms with van der Waals surface area (Å²) in [5.41, 5.74) is 0.613. The molecule has 3 rings (SSSR count). The SMILES string of the molecule is Cc1nc(Oc2ccc3ccccc3c2)ccc1C(=O)O. The van der Waals surface area contributed by atoms with Gasteiger partial charge in [-0.3, -0.25) is 0 Å². The first-order chi connectivity index (χ1) is 10.1. The van der Waals surface area contributed by atoms with Gasteiger partial charge in [0, 0.05) is 6.07 Å². The number of pyridine rings is 1. The number of hydrogen-bond acceptors (Lipinski definition) is 3. The zero-order valence-electron chi connectivity index (χ0n) is 11.4. The fraction of sp³-hybridized carbons (Fsp3) is 0.0588. The smallest absolute Gasteiger partial charge is 0.337 e. The Morgan fingerprint density at radius 2 is 1.81 bits per heavy atom. The Bertz CT molecular complexity index is 827. The van der Waals surface area contributed by atoms with Gasteiger partial charge in [0.05, 0.1) is 11.3 Å². The topological polar surface area (TPSA) is 59.4 Å². The van der Waals surface area contributed by atoms with Crippen LogP contribution in [-0.2, 0) is 0 Å². The minimum atomic E-state index is -0.989. The van der Waals surface area contributed by atoms with Crippen molar-refractivity contribution in [2.45, 2.75) is 6.92 Å². The summed E-state index contributed by atoms with van der Waals surface area (Å²) in [5.74, 6) is 0.0636. The molecule has 0 bridgehead atoms. The van der Waals surface area contributed by atoms with Gasteiger partial charge < -0.3 is 9.84 Å². The minimum Gasteiger partial charge on any atom is -0.478 e. The number of aromatic carboxylic acids is 1. The molecule has 4 nitrogen and oxygen atoms in total. The standard InChI is InChI=1S/C17H13NO3/c1-11-15(17(19)20)8-9-16(18-11)21-14-7-6-12-4-2-3-5-13(12)10-14/h2-10H,1H3,(H,19,20). The third kappa shape index (κ3) is 2.69. The zero-order chi connectivity index (χ0) is 14.8. The number of carbonyl (C=O) groups is 1. The third-order valence-corrected chi connectivity index (χ3v) is 3.23. The van der Waals surface area contributed by atoms with E-state index in [0.29, 0.717) is 17.3 Å². The van der Waals surface area contributed by atoms with Crippen molar-refractivity contribution < 1.29 is 14.6 Å². The van der Waals surface area contributed by atoms with E-state index in [0.717, 1.165) is 10.8 Å². The van der Waals surface area contributed by atoms with E-state index in [-0.39, 0.29) is 5.56 Å². The summed E-state index contributed by atoms with van der Waals surface area (Å²) in [6, 6.07) is 16.8. The number of rotatable bonds is 3. The van der Waals surface area contributed by atoms with Crippen LogP contribution in [0.25, 0.3) is 10.8 Å². The summed E-state index contributed by atoms with van der Waals surface area (Å²) in [6.45, 7) is 1.65. The minimum absolute atomic E-state index is 0.181. The van der Waals surface area contributed by atoms with Crippen LogP contribution in [0.15, 0.2) is 54.6 Å². The molecule has 0 saturated heterocycles. The Morgan fingerprint density at radius 1 is 1.05 bits per heavy atom. The van der Waals surface area contributed by atoms with Crippen LogP contribution < -0.4 is 4.74 Å². The molecule has 0 radical (unpaired) electrons. The molecule has 0 amide bonds. The van der Waals surface area contributed by atoms with Crippen molar-refractivity contribution >= 4 is 16.7 Å². The highest BCUT2D eigenvalue weighted by atomic mass is 16.5. The van der Waals surface area contributed by atoms with Crippen LogP contribution in [0.4, 0.5) is 0 Å². The van der Waals surface area contributed by atoms with Crippen LogP contribution in [0.3, 0.4) is 0 Å². The third-order valence-electron chi connectivity index (χ3n) is 3.23. The fourth-order valence-corrected chi connectivity index (χ4v) is 2.17. The summed E-state index contributed by atoms with van der Waals surface area (Å²) in [5, 5.41) is 11.2. The molecule has 0 unspecified atom stereocenters. The molecule has 21 heavy (non-hydrogen) atoms. The number of aryl methyl sites for hydroxylation is 1. The highest BCUT2D eigenvalue weighted by Gasteiger charge is 2.09. The van der Waals surface area contributed by atoms with Crippen LogP contribution in [0.5, 0.6) is 11.6 Å². The van der Waals surface area contributed by atoms with Gasteiger partial charge >= 0.3 is 5.97 Å². The maximum atomic E-state index is 11.0. The summed E-state index contributed by atoms with van der Waals surface area (Å²) >= 11 is 0. The average molecular weight is 279 g/mol. The fourth-order valence-electron chi connectivity index (χ4n) is 2.17. The molecule has 2 aromatic carbocycles. The normalized spacial score (nSPS) is 10.5. The number of fused-ring (bicyclic) bond motifs is 1. The van der Waals surface area contributed by atoms with Gasteiger partial charge in [-0.2, -0.15) is 0 Å². The van der Waals surface area contributed by atoms with Crippen molar-refractivity contribution in [3.05, 3.63) is 65.9 Å². The predicted octanol–water partition coefficient (Wildman–Crippen LogP) is 4.03. The Kier molecular flexibility index (Phi) is 3.28. The van der Waals surface area contributed by atoms with Gasteiger partial charge in [-0.1, -0.05) is 30.3 Å². The maximum Gasteiger partial charge on any atom is 0.337 e. The Labute approximate surface area is 121 Å². The van der Waals surface area contributed by atoms with Crippen molar-refractivity contribution in [2.75, 3.05) is 0 Å². The second-order valence-corrected chi connectivity index (χ2v) is 4.70. The highest BCUT2D eigenvalue weighted by Crippen LogP contribution is 2.25. The van der Waals surface area contributed by atoms with Crippen LogP contribution in [0.1, 0.15) is 16.1 Å². The lowest BCUT2D eigenvalue weighted by molar-refractivity contribution is 0.0695. The molecule has 4 heteroatoms. The van der Waals surface area contributed by atoms with Crippen LogP contribution in [0, 0.1) is 6.92 Å². The van der Waals surface area contributed by atoms with Gasteiger partial charge in [0.1, 0.15) is 5.75 Å². The molecule has 0 aliphatic heterocycles. The lowest BCUT2D eigenvalue weighted by Crippen LogP contribution is -2.02. The highest BCUT2D eigenvalue weighted by molar-refractivity contribution is 5.88. The van der Waals surface area contributed by atoms with Crippen LogP contribution in [-0.4, -0.2) is 16.1 Å². The average Bonchev–Trinajstić information content (AvgIpc) is 2.47. The maximum absolute atomic E-state index is 11.0. The second-order valence-electron chi connectivity index (χ2n) is 4.70. The van der Waals surface area contributed by atoms with Crippen molar-refractivity contribution in [1.29, 1.82) is 0 Å². The Hall–Kier alpha value is -2.88. The summed E-state index contributed by atoms with van der Waals surface area (Å²) < 4.78 is 5.70. The molecule has 1 heterocycles. The molecule has 0 aliphatic rings. The Balaban J connectivity index is 1.91. The summed E-state index contributed by atoms with van der Waals surface area (Å²) in [4.78, 5) is 15.1. The van der Waals surface area contributed by atoms with Crippen LogP contribution >= 0.6 is 0 Å². The van der Waals surface area contributed by atoms with Gasteiger partial charge in [0.25, 0.3) is 0 Å². The molecule has 3 aromatic rings. The number of aromatic nitrogens is 1. The number of hydrogen-bond donors (Lipinski definition) is 1. The van der Waals surface area contributed by atoms with E-state index in [4.69, 9.17) is 9.84 Å². The lowest BCUT2D eigenvalue weighted by atomic mass is 10.1. The number of carboxylic acids is 1. The monoisotopic (exact) mass is 279 g/mol. The molecule has 104 valence electrons. The first kappa shape index (κ1) is 13.1. The molecule has 0 fully saturated rings. The van der Waals surface area contributed by atoms with Crippen LogP contribution in [0.2, 0.25) is 0 Å². The molecular formula is C17H13NO3. The predicted molar refractivity (Wildman–Crippen MR) is 80.0 cm³/mol. The van der Waals surface area contributed by atoms with Crippen molar-refractivity contribution in [3.63, 3.8) is 0 Å². The molecule has 0 atom stereocenters. The van der Waals surface area contributed by atoms with Gasteiger partial charge in [-0.25, -0.2) is 9.78 Å². The van der Waals surface area contributed by atoms with Crippen molar-refractivity contribution in [1.82, 2.24) is 4.98 Å². The van der Waals surface area contributed by atoms with Crippen molar-refractivity contribution in [2.24, 2.45) is 0 Å². The lowest BCUT2D eigenvalue weighted by Gasteiger charge is -2.08. The molecule has 1 N–H and O–H groups in total. The van der Waals surface area contributed by atoms with Gasteiger partial charge in [-0.05, 0) is 35.9 Å². The summed E-state index contributed by atoms with van der Waals surface area (Å²) in [7, 11) is 0. The number of benzene rings is 2. The largest absolute Gasteiger partial charge is 0.478 e. The molecule has 1 aromatic heterocycles. The van der Waals surface area contributed by atoms with Gasteiger partial charge in [0.2, 0.25) is 5.88 Å². The number of nitrogens with zero attached hydrogens (tertiary/aromatic N) is 1. The van der Waals surface area contributed by atoms with E-state index >= 15 is 0 Å². The molecule has 0 aliphatic carbocycles. The quantitative estimate of drug-likeness (QED) is 0.786. The van der Waals surface area contributed by atoms with E-state index in [1.165, 1.54) is 6.07 Å². The zero-order valence-corrected chi connectivity index (χ0v) is 11.4. The van der Waals surface area contributed by atoms with Crippen molar-refractivity contribution in [3.8, 4) is 11.6 Å². The second kappa shape index (κ2) is 5.25. The van der Waals surface area contributed by atoms with E-state index < -0.39 is 5.97 Å². The molecule has 0 spiro atoms.